The summed E-state index contributed by atoms with van der Waals surface area (Å²) in [5, 5.41) is 13.6. The van der Waals surface area contributed by atoms with Gasteiger partial charge in [-0.1, -0.05) is 60.7 Å². The molecule has 0 aliphatic rings. The molecule has 0 saturated carbocycles. The van der Waals surface area contributed by atoms with Crippen LogP contribution >= 0.6 is 0 Å². The van der Waals surface area contributed by atoms with E-state index in [0.29, 0.717) is 34.0 Å². The molecular weight excluding hydrogens is 470 g/mol. The average Bonchev–Trinajstić information content (AvgIpc) is 2.91. The lowest BCUT2D eigenvalue weighted by molar-refractivity contribution is -0.148. The van der Waals surface area contributed by atoms with Crippen molar-refractivity contribution >= 4 is 11.9 Å². The standard InChI is InChI=1S/C29H27N3O5/c1-19-18-25(31-20(2)30-19)37-26(28(34)35)29(22-10-6-4-7-11-22,23-12-8-5-9-13-23)32-27(33)21-14-16-24(36-3)17-15-21/h4-18,26H,1-3H3,(H,32,33)(H,34,35). The van der Waals surface area contributed by atoms with E-state index in [2.05, 4.69) is 15.3 Å². The highest BCUT2D eigenvalue weighted by Crippen LogP contribution is 2.36. The molecule has 1 unspecified atom stereocenters. The van der Waals surface area contributed by atoms with Gasteiger partial charge in [0.15, 0.2) is 0 Å². The number of amides is 1. The number of methoxy groups -OCH3 is 1. The molecule has 0 fully saturated rings. The lowest BCUT2D eigenvalue weighted by Crippen LogP contribution is -2.59. The van der Waals surface area contributed by atoms with E-state index in [0.717, 1.165) is 0 Å². The summed E-state index contributed by atoms with van der Waals surface area (Å²) in [6.45, 7) is 3.47. The number of carbonyl (C=O) groups excluding carboxylic acids is 1. The zero-order valence-electron chi connectivity index (χ0n) is 20.7. The van der Waals surface area contributed by atoms with Gasteiger partial charge in [-0.15, -0.1) is 0 Å². The fourth-order valence-electron chi connectivity index (χ4n) is 4.26. The third-order valence-corrected chi connectivity index (χ3v) is 5.92. The molecule has 0 aliphatic heterocycles. The van der Waals surface area contributed by atoms with Crippen molar-refractivity contribution < 1.29 is 24.2 Å². The summed E-state index contributed by atoms with van der Waals surface area (Å²) in [7, 11) is 1.54. The second kappa shape index (κ2) is 10.9. The van der Waals surface area contributed by atoms with Crippen molar-refractivity contribution in [3.05, 3.63) is 119 Å². The number of ether oxygens (including phenoxy) is 2. The Bertz CT molecular complexity index is 1320. The van der Waals surface area contributed by atoms with Crippen LogP contribution in [0.1, 0.15) is 33.0 Å². The third-order valence-electron chi connectivity index (χ3n) is 5.92. The van der Waals surface area contributed by atoms with Crippen LogP contribution in [0.25, 0.3) is 0 Å². The zero-order chi connectivity index (χ0) is 26.4. The number of aliphatic carboxylic acids is 1. The zero-order valence-corrected chi connectivity index (χ0v) is 20.7. The van der Waals surface area contributed by atoms with Gasteiger partial charge in [0.25, 0.3) is 5.91 Å². The highest BCUT2D eigenvalue weighted by Gasteiger charge is 2.50. The molecule has 37 heavy (non-hydrogen) atoms. The van der Waals surface area contributed by atoms with E-state index in [1.54, 1.807) is 92.7 Å². The van der Waals surface area contributed by atoms with Crippen molar-refractivity contribution in [2.45, 2.75) is 25.5 Å². The maximum Gasteiger partial charge on any atom is 0.348 e. The molecule has 0 spiro atoms. The first-order chi connectivity index (χ1) is 17.8. The molecule has 8 nitrogen and oxygen atoms in total. The van der Waals surface area contributed by atoms with E-state index >= 15 is 0 Å². The molecule has 0 aliphatic carbocycles. The van der Waals surface area contributed by atoms with E-state index in [4.69, 9.17) is 9.47 Å². The van der Waals surface area contributed by atoms with Crippen molar-refractivity contribution in [1.29, 1.82) is 0 Å². The van der Waals surface area contributed by atoms with Gasteiger partial charge in [0.05, 0.1) is 7.11 Å². The summed E-state index contributed by atoms with van der Waals surface area (Å²) < 4.78 is 11.3. The minimum atomic E-state index is -1.63. The lowest BCUT2D eigenvalue weighted by atomic mass is 9.77. The van der Waals surface area contributed by atoms with Gasteiger partial charge in [-0.3, -0.25) is 4.79 Å². The number of aromatic nitrogens is 2. The van der Waals surface area contributed by atoms with Gasteiger partial charge in [-0.2, -0.15) is 4.98 Å². The largest absolute Gasteiger partial charge is 0.497 e. The van der Waals surface area contributed by atoms with Gasteiger partial charge in [0.2, 0.25) is 12.0 Å². The molecule has 1 heterocycles. The van der Waals surface area contributed by atoms with E-state index in [1.165, 1.54) is 7.11 Å². The molecule has 4 aromatic rings. The van der Waals surface area contributed by atoms with Crippen molar-refractivity contribution in [1.82, 2.24) is 15.3 Å². The van der Waals surface area contributed by atoms with Crippen LogP contribution in [0.15, 0.2) is 91.0 Å². The van der Waals surface area contributed by atoms with Gasteiger partial charge in [0.1, 0.15) is 17.1 Å². The second-order valence-corrected chi connectivity index (χ2v) is 8.45. The minimum Gasteiger partial charge on any atom is -0.497 e. The van der Waals surface area contributed by atoms with E-state index in [-0.39, 0.29) is 5.88 Å². The molecule has 2 N–H and O–H groups in total. The third kappa shape index (κ3) is 5.43. The smallest absolute Gasteiger partial charge is 0.348 e. The Morgan fingerprint density at radius 2 is 1.43 bits per heavy atom. The molecule has 4 rings (SSSR count). The van der Waals surface area contributed by atoms with Crippen LogP contribution in [0.3, 0.4) is 0 Å². The number of nitrogens with zero attached hydrogens (tertiary/aromatic N) is 2. The van der Waals surface area contributed by atoms with Crippen LogP contribution in [0.5, 0.6) is 11.6 Å². The topological polar surface area (TPSA) is 111 Å². The molecule has 0 radical (unpaired) electrons. The number of carbonyl (C=O) groups is 2. The summed E-state index contributed by atoms with van der Waals surface area (Å²) in [6, 6.07) is 25.9. The molecule has 3 aromatic carbocycles. The summed E-state index contributed by atoms with van der Waals surface area (Å²) >= 11 is 0. The van der Waals surface area contributed by atoms with Crippen molar-refractivity contribution in [2.75, 3.05) is 7.11 Å². The molecule has 0 bridgehead atoms. The summed E-state index contributed by atoms with van der Waals surface area (Å²) in [6.07, 6.45) is -1.59. The number of benzene rings is 3. The maximum atomic E-state index is 13.7. The molecule has 0 saturated heterocycles. The second-order valence-electron chi connectivity index (χ2n) is 8.45. The predicted octanol–water partition coefficient (Wildman–Crippen LogP) is 4.31. The highest BCUT2D eigenvalue weighted by molar-refractivity contribution is 5.96. The monoisotopic (exact) mass is 497 g/mol. The first-order valence-electron chi connectivity index (χ1n) is 11.6. The lowest BCUT2D eigenvalue weighted by Gasteiger charge is -2.40. The number of carboxylic acids is 1. The van der Waals surface area contributed by atoms with Crippen LogP contribution in [0, 0.1) is 13.8 Å². The number of hydrogen-bond donors (Lipinski definition) is 2. The molecule has 1 amide bonds. The van der Waals surface area contributed by atoms with Gasteiger partial charge in [-0.25, -0.2) is 9.78 Å². The Morgan fingerprint density at radius 3 is 1.92 bits per heavy atom. The summed E-state index contributed by atoms with van der Waals surface area (Å²) in [5.74, 6) is -0.647. The van der Waals surface area contributed by atoms with Crippen molar-refractivity contribution in [2.24, 2.45) is 0 Å². The Morgan fingerprint density at radius 1 is 0.865 bits per heavy atom. The maximum absolute atomic E-state index is 13.7. The van der Waals surface area contributed by atoms with E-state index in [9.17, 15) is 14.7 Å². The highest BCUT2D eigenvalue weighted by atomic mass is 16.5. The minimum absolute atomic E-state index is 0.0901. The number of rotatable bonds is 9. The van der Waals surface area contributed by atoms with Gasteiger partial charge in [-0.05, 0) is 49.2 Å². The number of nitrogens with one attached hydrogen (secondary N) is 1. The van der Waals surface area contributed by atoms with Gasteiger partial charge in [0, 0.05) is 17.3 Å². The number of aryl methyl sites for hydroxylation is 2. The van der Waals surface area contributed by atoms with E-state index in [1.807, 2.05) is 12.1 Å². The van der Waals surface area contributed by atoms with E-state index < -0.39 is 23.5 Å². The molecular formula is C29H27N3O5. The van der Waals surface area contributed by atoms with Crippen LogP contribution in [0.4, 0.5) is 0 Å². The SMILES string of the molecule is COc1ccc(C(=O)NC(c2ccccc2)(c2ccccc2)C(Oc2cc(C)nc(C)n2)C(=O)O)cc1. The summed E-state index contributed by atoms with van der Waals surface area (Å²) in [4.78, 5) is 35.1. The molecule has 1 atom stereocenters. The van der Waals surface area contributed by atoms with Gasteiger partial charge < -0.3 is 19.9 Å². The van der Waals surface area contributed by atoms with Crippen molar-refractivity contribution in [3.63, 3.8) is 0 Å². The Balaban J connectivity index is 1.92. The number of hydrogen-bond acceptors (Lipinski definition) is 6. The first-order valence-corrected chi connectivity index (χ1v) is 11.6. The molecule has 8 heteroatoms. The van der Waals surface area contributed by atoms with Crippen LogP contribution < -0.4 is 14.8 Å². The predicted molar refractivity (Wildman–Crippen MR) is 138 cm³/mol. The molecule has 1 aromatic heterocycles. The average molecular weight is 498 g/mol. The van der Waals surface area contributed by atoms with Crippen LogP contribution in [0.2, 0.25) is 0 Å². The normalized spacial score (nSPS) is 11.9. The van der Waals surface area contributed by atoms with Gasteiger partial charge >= 0.3 is 5.97 Å². The Hall–Kier alpha value is -4.72. The van der Waals surface area contributed by atoms with Crippen molar-refractivity contribution in [3.8, 4) is 11.6 Å². The Kier molecular flexibility index (Phi) is 7.48. The number of carboxylic acid groups (broad SMARTS) is 1. The Labute approximate surface area is 214 Å². The fraction of sp³-hybridized carbons (Fsp3) is 0.172. The van der Waals surface area contributed by atoms with Crippen LogP contribution in [-0.2, 0) is 10.3 Å². The quantitative estimate of drug-likeness (QED) is 0.355. The first kappa shape index (κ1) is 25.4. The van der Waals surface area contributed by atoms with Crippen LogP contribution in [-0.4, -0.2) is 40.2 Å². The fourth-order valence-corrected chi connectivity index (χ4v) is 4.26. The summed E-state index contributed by atoms with van der Waals surface area (Å²) in [5.41, 5.74) is 0.378. The molecule has 188 valence electrons.